The monoisotopic (exact) mass is 292 g/mol. The van der Waals surface area contributed by atoms with Gasteiger partial charge in [0.2, 0.25) is 0 Å². The molecule has 2 amide bonds. The molecule has 1 atom stereocenters. The second kappa shape index (κ2) is 9.13. The molecule has 0 spiro atoms. The van der Waals surface area contributed by atoms with Gasteiger partial charge in [-0.05, 0) is 37.5 Å². The lowest BCUT2D eigenvalue weighted by Crippen LogP contribution is -2.28. The molecule has 1 aromatic carbocycles. The second-order valence-electron chi connectivity index (χ2n) is 4.94. The summed E-state index contributed by atoms with van der Waals surface area (Å²) in [5.74, 6) is -0.406. The van der Waals surface area contributed by atoms with E-state index >= 15 is 0 Å². The molecule has 1 aromatic rings. The van der Waals surface area contributed by atoms with Crippen molar-refractivity contribution in [1.29, 1.82) is 0 Å². The van der Waals surface area contributed by atoms with Crippen LogP contribution in [0.5, 0.6) is 0 Å². The first-order valence-electron chi connectivity index (χ1n) is 7.43. The van der Waals surface area contributed by atoms with E-state index < -0.39 is 6.10 Å². The van der Waals surface area contributed by atoms with Gasteiger partial charge in [-0.15, -0.1) is 0 Å². The van der Waals surface area contributed by atoms with Crippen molar-refractivity contribution in [3.8, 4) is 0 Å². The van der Waals surface area contributed by atoms with Gasteiger partial charge < -0.3 is 15.7 Å². The number of carbonyl (C=O) groups is 2. The number of hydrogen-bond acceptors (Lipinski definition) is 3. The maximum atomic E-state index is 12.0. The normalized spacial score (nSPS) is 11.8. The molecule has 0 saturated heterocycles. The molecule has 1 rings (SSSR count). The zero-order valence-corrected chi connectivity index (χ0v) is 12.7. The smallest absolute Gasteiger partial charge is 0.251 e. The van der Waals surface area contributed by atoms with Gasteiger partial charge in [0.1, 0.15) is 0 Å². The van der Waals surface area contributed by atoms with Crippen molar-refractivity contribution < 1.29 is 14.7 Å². The third kappa shape index (κ3) is 5.95. The third-order valence-electron chi connectivity index (χ3n) is 3.16. The molecule has 116 valence electrons. The van der Waals surface area contributed by atoms with Crippen molar-refractivity contribution >= 4 is 11.8 Å². The van der Waals surface area contributed by atoms with E-state index in [0.717, 1.165) is 6.42 Å². The Balaban J connectivity index is 2.58. The summed E-state index contributed by atoms with van der Waals surface area (Å²) in [7, 11) is 0. The molecule has 1 unspecified atom stereocenters. The average molecular weight is 292 g/mol. The van der Waals surface area contributed by atoms with Crippen molar-refractivity contribution in [3.63, 3.8) is 0 Å². The third-order valence-corrected chi connectivity index (χ3v) is 3.16. The van der Waals surface area contributed by atoms with Gasteiger partial charge in [0.15, 0.2) is 0 Å². The van der Waals surface area contributed by atoms with Crippen molar-refractivity contribution in [2.24, 2.45) is 0 Å². The average Bonchev–Trinajstić information content (AvgIpc) is 2.52. The van der Waals surface area contributed by atoms with E-state index in [9.17, 15) is 14.7 Å². The Morgan fingerprint density at radius 3 is 2.19 bits per heavy atom. The molecule has 3 N–H and O–H groups in total. The Kier molecular flexibility index (Phi) is 7.46. The fraction of sp³-hybridized carbons (Fsp3) is 0.500. The number of amides is 2. The highest BCUT2D eigenvalue weighted by Crippen LogP contribution is 2.06. The lowest BCUT2D eigenvalue weighted by molar-refractivity contribution is 0.0942. The zero-order valence-electron chi connectivity index (χ0n) is 12.7. The van der Waals surface area contributed by atoms with Crippen LogP contribution in [-0.2, 0) is 0 Å². The van der Waals surface area contributed by atoms with Gasteiger partial charge in [0, 0.05) is 24.2 Å². The minimum absolute atomic E-state index is 0.173. The first-order valence-corrected chi connectivity index (χ1v) is 7.43. The lowest BCUT2D eigenvalue weighted by atomic mass is 10.1. The highest BCUT2D eigenvalue weighted by Gasteiger charge is 2.10. The van der Waals surface area contributed by atoms with Crippen LogP contribution in [0.4, 0.5) is 0 Å². The van der Waals surface area contributed by atoms with Gasteiger partial charge in [0.05, 0.1) is 6.10 Å². The van der Waals surface area contributed by atoms with Gasteiger partial charge in [-0.25, -0.2) is 0 Å². The Morgan fingerprint density at radius 1 is 1.10 bits per heavy atom. The quantitative estimate of drug-likeness (QED) is 0.682. The Hall–Kier alpha value is -1.88. The molecule has 0 aliphatic carbocycles. The first-order chi connectivity index (χ1) is 10.1. The van der Waals surface area contributed by atoms with Crippen LogP contribution < -0.4 is 10.6 Å². The maximum absolute atomic E-state index is 12.0. The molecular formula is C16H24N2O3. The van der Waals surface area contributed by atoms with E-state index in [0.29, 0.717) is 37.1 Å². The van der Waals surface area contributed by atoms with Crippen LogP contribution >= 0.6 is 0 Å². The number of carbonyl (C=O) groups excluding carboxylic acids is 2. The summed E-state index contributed by atoms with van der Waals surface area (Å²) in [5, 5.41) is 15.0. The van der Waals surface area contributed by atoms with E-state index in [1.165, 1.54) is 0 Å². The molecule has 21 heavy (non-hydrogen) atoms. The van der Waals surface area contributed by atoms with E-state index in [4.69, 9.17) is 0 Å². The summed E-state index contributed by atoms with van der Waals surface area (Å²) < 4.78 is 0. The number of rotatable bonds is 8. The van der Waals surface area contributed by atoms with Gasteiger partial charge in [-0.3, -0.25) is 9.59 Å². The van der Waals surface area contributed by atoms with Crippen LogP contribution in [0, 0.1) is 0 Å². The topological polar surface area (TPSA) is 78.4 Å². The van der Waals surface area contributed by atoms with Crippen LogP contribution in [-0.4, -0.2) is 36.1 Å². The largest absolute Gasteiger partial charge is 0.393 e. The zero-order chi connectivity index (χ0) is 15.7. The Morgan fingerprint density at radius 2 is 1.67 bits per heavy atom. The Bertz CT molecular complexity index is 474. The predicted octanol–water partition coefficient (Wildman–Crippen LogP) is 1.72. The van der Waals surface area contributed by atoms with Gasteiger partial charge in [-0.1, -0.05) is 19.9 Å². The molecule has 0 saturated carbocycles. The summed E-state index contributed by atoms with van der Waals surface area (Å²) in [5.41, 5.74) is 0.926. The molecule has 0 aliphatic heterocycles. The van der Waals surface area contributed by atoms with Crippen LogP contribution in [0.2, 0.25) is 0 Å². The van der Waals surface area contributed by atoms with Crippen molar-refractivity contribution in [2.75, 3.05) is 13.1 Å². The maximum Gasteiger partial charge on any atom is 0.251 e. The fourth-order valence-corrected chi connectivity index (χ4v) is 1.80. The Labute approximate surface area is 125 Å². The summed E-state index contributed by atoms with van der Waals surface area (Å²) in [6.07, 6.45) is 1.67. The fourth-order valence-electron chi connectivity index (χ4n) is 1.80. The minimum atomic E-state index is -0.392. The van der Waals surface area contributed by atoms with E-state index in [1.54, 1.807) is 24.3 Å². The molecule has 0 radical (unpaired) electrons. The SMILES string of the molecule is CCCNC(=O)c1cccc(C(=O)NCCC(O)CC)c1. The number of aliphatic hydroxyl groups is 1. The van der Waals surface area contributed by atoms with E-state index in [1.807, 2.05) is 13.8 Å². The van der Waals surface area contributed by atoms with Gasteiger partial charge >= 0.3 is 0 Å². The first kappa shape index (κ1) is 17.2. The second-order valence-corrected chi connectivity index (χ2v) is 4.94. The van der Waals surface area contributed by atoms with Crippen molar-refractivity contribution in [3.05, 3.63) is 35.4 Å². The van der Waals surface area contributed by atoms with Crippen LogP contribution in [0.25, 0.3) is 0 Å². The van der Waals surface area contributed by atoms with Crippen molar-refractivity contribution in [1.82, 2.24) is 10.6 Å². The molecule has 5 nitrogen and oxygen atoms in total. The standard InChI is InChI=1S/C16H24N2O3/c1-3-9-17-15(20)12-6-5-7-13(11-12)16(21)18-10-8-14(19)4-2/h5-7,11,14,19H,3-4,8-10H2,1-2H3,(H,17,20)(H,18,21). The van der Waals surface area contributed by atoms with Crippen molar-refractivity contribution in [2.45, 2.75) is 39.2 Å². The summed E-state index contributed by atoms with van der Waals surface area (Å²) in [4.78, 5) is 23.8. The minimum Gasteiger partial charge on any atom is -0.393 e. The number of hydrogen-bond donors (Lipinski definition) is 3. The molecule has 0 bridgehead atoms. The molecule has 0 aromatic heterocycles. The number of aliphatic hydroxyl groups excluding tert-OH is 1. The summed E-state index contributed by atoms with van der Waals surface area (Å²) in [6.45, 7) is 4.91. The van der Waals surface area contributed by atoms with E-state index in [-0.39, 0.29) is 11.8 Å². The van der Waals surface area contributed by atoms with Crippen LogP contribution in [0.3, 0.4) is 0 Å². The summed E-state index contributed by atoms with van der Waals surface area (Å²) >= 11 is 0. The lowest BCUT2D eigenvalue weighted by Gasteiger charge is -2.09. The molecule has 0 aliphatic rings. The number of benzene rings is 1. The van der Waals surface area contributed by atoms with Gasteiger partial charge in [-0.2, -0.15) is 0 Å². The molecule has 0 heterocycles. The van der Waals surface area contributed by atoms with Gasteiger partial charge in [0.25, 0.3) is 11.8 Å². The number of nitrogens with one attached hydrogen (secondary N) is 2. The van der Waals surface area contributed by atoms with Crippen LogP contribution in [0.1, 0.15) is 53.8 Å². The molecule has 0 fully saturated rings. The van der Waals surface area contributed by atoms with Crippen LogP contribution in [0.15, 0.2) is 24.3 Å². The highest BCUT2D eigenvalue weighted by atomic mass is 16.3. The molecule has 5 heteroatoms. The van der Waals surface area contributed by atoms with E-state index in [2.05, 4.69) is 10.6 Å². The molecular weight excluding hydrogens is 268 g/mol. The highest BCUT2D eigenvalue weighted by molar-refractivity contribution is 5.99. The summed E-state index contributed by atoms with van der Waals surface area (Å²) in [6, 6.07) is 6.62. The predicted molar refractivity (Wildman–Crippen MR) is 82.3 cm³/mol.